The molecule has 1 aromatic heterocycles. The Morgan fingerprint density at radius 3 is 2.84 bits per heavy atom. The van der Waals surface area contributed by atoms with Crippen LogP contribution in [0.25, 0.3) is 0 Å². The van der Waals surface area contributed by atoms with Crippen molar-refractivity contribution in [2.75, 3.05) is 13.1 Å². The van der Waals surface area contributed by atoms with Gasteiger partial charge in [0.25, 0.3) is 0 Å². The van der Waals surface area contributed by atoms with Crippen LogP contribution in [-0.2, 0) is 13.1 Å². The van der Waals surface area contributed by atoms with Gasteiger partial charge in [-0.15, -0.1) is 0 Å². The van der Waals surface area contributed by atoms with Crippen LogP contribution in [0.5, 0.6) is 0 Å². The van der Waals surface area contributed by atoms with Gasteiger partial charge in [0.15, 0.2) is 0 Å². The lowest BCUT2D eigenvalue weighted by atomic mass is 10.2. The summed E-state index contributed by atoms with van der Waals surface area (Å²) >= 11 is 0. The molecule has 1 N–H and O–H groups in total. The summed E-state index contributed by atoms with van der Waals surface area (Å²) in [5, 5.41) is 3.47. The molecule has 3 heteroatoms. The summed E-state index contributed by atoms with van der Waals surface area (Å²) < 4.78 is 5.72. The SMILES string of the molecule is CCCNCc1ccoc1CN(CC1CC1)C1CC1. The Morgan fingerprint density at radius 1 is 1.32 bits per heavy atom. The first-order valence-corrected chi connectivity index (χ1v) is 7.87. The highest BCUT2D eigenvalue weighted by Crippen LogP contribution is 2.35. The highest BCUT2D eigenvalue weighted by Gasteiger charge is 2.34. The molecule has 3 rings (SSSR count). The van der Waals surface area contributed by atoms with Gasteiger partial charge < -0.3 is 9.73 Å². The van der Waals surface area contributed by atoms with Crippen LogP contribution in [0, 0.1) is 5.92 Å². The summed E-state index contributed by atoms with van der Waals surface area (Å²) in [5.41, 5.74) is 1.34. The molecule has 0 radical (unpaired) electrons. The highest BCUT2D eigenvalue weighted by molar-refractivity contribution is 5.17. The van der Waals surface area contributed by atoms with Crippen LogP contribution >= 0.6 is 0 Å². The summed E-state index contributed by atoms with van der Waals surface area (Å²) in [6.45, 7) is 6.53. The van der Waals surface area contributed by atoms with Crippen molar-refractivity contribution in [3.63, 3.8) is 0 Å². The molecule has 1 aromatic rings. The van der Waals surface area contributed by atoms with Gasteiger partial charge in [-0.1, -0.05) is 6.92 Å². The summed E-state index contributed by atoms with van der Waals surface area (Å²) in [6, 6.07) is 2.96. The summed E-state index contributed by atoms with van der Waals surface area (Å²) in [4.78, 5) is 2.65. The van der Waals surface area contributed by atoms with E-state index in [9.17, 15) is 0 Å². The smallest absolute Gasteiger partial charge is 0.122 e. The van der Waals surface area contributed by atoms with Gasteiger partial charge in [0.05, 0.1) is 12.8 Å². The molecule has 19 heavy (non-hydrogen) atoms. The molecule has 2 aliphatic rings. The van der Waals surface area contributed by atoms with E-state index >= 15 is 0 Å². The van der Waals surface area contributed by atoms with Crippen LogP contribution in [0.2, 0.25) is 0 Å². The van der Waals surface area contributed by atoms with Crippen molar-refractivity contribution in [1.82, 2.24) is 10.2 Å². The molecular weight excluding hydrogens is 236 g/mol. The fourth-order valence-electron chi connectivity index (χ4n) is 2.66. The number of nitrogens with one attached hydrogen (secondary N) is 1. The first-order chi connectivity index (χ1) is 9.36. The minimum Gasteiger partial charge on any atom is -0.468 e. The molecule has 0 amide bonds. The van der Waals surface area contributed by atoms with Gasteiger partial charge in [0.2, 0.25) is 0 Å². The maximum atomic E-state index is 5.72. The second kappa shape index (κ2) is 6.10. The topological polar surface area (TPSA) is 28.4 Å². The van der Waals surface area contributed by atoms with Crippen LogP contribution in [0.4, 0.5) is 0 Å². The Balaban J connectivity index is 1.56. The first-order valence-electron chi connectivity index (χ1n) is 7.87. The normalized spacial score (nSPS) is 19.3. The zero-order valence-corrected chi connectivity index (χ0v) is 12.0. The van der Waals surface area contributed by atoms with Crippen molar-refractivity contribution in [1.29, 1.82) is 0 Å². The van der Waals surface area contributed by atoms with Crippen molar-refractivity contribution in [3.05, 3.63) is 23.7 Å². The number of furan rings is 1. The van der Waals surface area contributed by atoms with Crippen molar-refractivity contribution in [3.8, 4) is 0 Å². The highest BCUT2D eigenvalue weighted by atomic mass is 16.3. The average Bonchev–Trinajstić information content (AvgIpc) is 3.30. The largest absolute Gasteiger partial charge is 0.468 e. The van der Waals surface area contributed by atoms with Crippen LogP contribution in [0.15, 0.2) is 16.7 Å². The summed E-state index contributed by atoms with van der Waals surface area (Å²) in [6.07, 6.45) is 8.68. The van der Waals surface area contributed by atoms with Crippen molar-refractivity contribution in [2.45, 2.75) is 58.2 Å². The van der Waals surface area contributed by atoms with Crippen molar-refractivity contribution < 1.29 is 4.42 Å². The summed E-state index contributed by atoms with van der Waals surface area (Å²) in [7, 11) is 0. The van der Waals surface area contributed by atoms with E-state index in [0.717, 1.165) is 31.6 Å². The third kappa shape index (κ3) is 3.83. The third-order valence-electron chi connectivity index (χ3n) is 4.18. The number of hydrogen-bond donors (Lipinski definition) is 1. The average molecular weight is 262 g/mol. The Hall–Kier alpha value is -0.800. The second-order valence-electron chi connectivity index (χ2n) is 6.15. The van der Waals surface area contributed by atoms with Crippen molar-refractivity contribution in [2.24, 2.45) is 5.92 Å². The van der Waals surface area contributed by atoms with E-state index in [2.05, 4.69) is 23.2 Å². The number of nitrogens with zero attached hydrogens (tertiary/aromatic N) is 1. The maximum absolute atomic E-state index is 5.72. The zero-order chi connectivity index (χ0) is 13.1. The lowest BCUT2D eigenvalue weighted by Crippen LogP contribution is -2.28. The lowest BCUT2D eigenvalue weighted by molar-refractivity contribution is 0.223. The molecule has 1 heterocycles. The predicted octanol–water partition coefficient (Wildman–Crippen LogP) is 3.15. The molecule has 0 aromatic carbocycles. The molecule has 0 saturated heterocycles. The van der Waals surface area contributed by atoms with Gasteiger partial charge in [0, 0.05) is 24.7 Å². The van der Waals surface area contributed by atoms with Crippen LogP contribution in [0.1, 0.15) is 50.4 Å². The molecule has 2 saturated carbocycles. The number of rotatable bonds is 9. The van der Waals surface area contributed by atoms with Gasteiger partial charge >= 0.3 is 0 Å². The van der Waals surface area contributed by atoms with E-state index in [4.69, 9.17) is 4.42 Å². The number of hydrogen-bond acceptors (Lipinski definition) is 3. The minimum absolute atomic E-state index is 0.835. The second-order valence-corrected chi connectivity index (χ2v) is 6.15. The quantitative estimate of drug-likeness (QED) is 0.693. The molecule has 0 bridgehead atoms. The fourth-order valence-corrected chi connectivity index (χ4v) is 2.66. The van der Waals surface area contributed by atoms with Crippen LogP contribution in [-0.4, -0.2) is 24.0 Å². The van der Waals surface area contributed by atoms with E-state index in [1.807, 2.05) is 6.26 Å². The van der Waals surface area contributed by atoms with Gasteiger partial charge in [0.1, 0.15) is 5.76 Å². The van der Waals surface area contributed by atoms with Gasteiger partial charge in [-0.2, -0.15) is 0 Å². The third-order valence-corrected chi connectivity index (χ3v) is 4.18. The molecule has 2 fully saturated rings. The molecule has 2 aliphatic carbocycles. The molecule has 0 atom stereocenters. The Bertz CT molecular complexity index is 393. The van der Waals surface area contributed by atoms with Crippen LogP contribution < -0.4 is 5.32 Å². The molecule has 106 valence electrons. The Kier molecular flexibility index (Phi) is 4.24. The van der Waals surface area contributed by atoms with E-state index in [1.54, 1.807) is 0 Å². The first kappa shape index (κ1) is 13.2. The molecule has 0 unspecified atom stereocenters. The van der Waals surface area contributed by atoms with Gasteiger partial charge in [-0.3, -0.25) is 4.90 Å². The lowest BCUT2D eigenvalue weighted by Gasteiger charge is -2.21. The predicted molar refractivity (Wildman–Crippen MR) is 76.9 cm³/mol. The standard InChI is InChI=1S/C16H26N2O/c1-2-8-17-10-14-7-9-19-16(14)12-18(15-5-6-15)11-13-3-4-13/h7,9,13,15,17H,2-6,8,10-12H2,1H3. The maximum Gasteiger partial charge on any atom is 0.122 e. The van der Waals surface area contributed by atoms with Crippen molar-refractivity contribution >= 4 is 0 Å². The van der Waals surface area contributed by atoms with E-state index in [1.165, 1.54) is 50.0 Å². The minimum atomic E-state index is 0.835. The van der Waals surface area contributed by atoms with Gasteiger partial charge in [-0.05, 0) is 50.6 Å². The molecule has 0 aliphatic heterocycles. The monoisotopic (exact) mass is 262 g/mol. The molecule has 0 spiro atoms. The zero-order valence-electron chi connectivity index (χ0n) is 12.0. The molecular formula is C16H26N2O. The Morgan fingerprint density at radius 2 is 2.16 bits per heavy atom. The van der Waals surface area contributed by atoms with E-state index in [-0.39, 0.29) is 0 Å². The van der Waals surface area contributed by atoms with E-state index < -0.39 is 0 Å². The van der Waals surface area contributed by atoms with Gasteiger partial charge in [-0.25, -0.2) is 0 Å². The molecule has 3 nitrogen and oxygen atoms in total. The Labute approximate surface area is 116 Å². The van der Waals surface area contributed by atoms with Crippen LogP contribution in [0.3, 0.4) is 0 Å². The fraction of sp³-hybridized carbons (Fsp3) is 0.750. The summed E-state index contributed by atoms with van der Waals surface area (Å²) in [5.74, 6) is 2.15. The van der Waals surface area contributed by atoms with E-state index in [0.29, 0.717) is 0 Å².